The molecule has 0 aliphatic heterocycles. The van der Waals surface area contributed by atoms with Crippen LogP contribution in [0.3, 0.4) is 0 Å². The molecule has 1 amide bonds. The van der Waals surface area contributed by atoms with Crippen LogP contribution < -0.4 is 20.2 Å². The molecule has 5 aromatic rings. The molecule has 1 aromatic heterocycles. The Hall–Kier alpha value is -4.18. The zero-order chi connectivity index (χ0) is 29.3. The molecule has 10 heteroatoms. The first-order valence-electron chi connectivity index (χ1n) is 13.0. The third-order valence-corrected chi connectivity index (χ3v) is 7.54. The van der Waals surface area contributed by atoms with Crippen molar-refractivity contribution in [2.24, 2.45) is 5.10 Å². The van der Waals surface area contributed by atoms with E-state index in [2.05, 4.69) is 36.8 Å². The summed E-state index contributed by atoms with van der Waals surface area (Å²) >= 11 is 10.9. The Kier molecular flexibility index (Phi) is 9.86. The fourth-order valence-electron chi connectivity index (χ4n) is 3.88. The van der Waals surface area contributed by atoms with Crippen molar-refractivity contribution in [3.8, 4) is 22.8 Å². The molecule has 0 fully saturated rings. The zero-order valence-electron chi connectivity index (χ0n) is 22.5. The molecular weight excluding hydrogens is 636 g/mol. The van der Waals surface area contributed by atoms with Gasteiger partial charge in [-0.15, -0.1) is 11.3 Å². The summed E-state index contributed by atoms with van der Waals surface area (Å²) in [4.78, 5) is 17.3. The third kappa shape index (κ3) is 7.97. The number of ether oxygens (including phenoxy) is 2. The smallest absolute Gasteiger partial charge is 0.271 e. The standard InChI is InChI=1S/C32H26BrClN4O3S/c1-2-40-30-17-22(5-16-29(30)41-19-21-3-10-25(33)11-4-21)18-35-38-31(39)24-8-6-23(7-9-24)28-20-42-32(37-28)36-27-14-12-26(34)13-15-27/h3-18,20H,2,19H2,1H3,(H,36,37)(H,38,39)/b35-18-. The van der Waals surface area contributed by atoms with E-state index in [0.29, 0.717) is 35.3 Å². The van der Waals surface area contributed by atoms with Crippen molar-refractivity contribution in [2.45, 2.75) is 13.5 Å². The summed E-state index contributed by atoms with van der Waals surface area (Å²) in [5.41, 5.74) is 7.50. The van der Waals surface area contributed by atoms with Crippen LogP contribution in [0.5, 0.6) is 11.5 Å². The lowest BCUT2D eigenvalue weighted by molar-refractivity contribution is 0.0955. The lowest BCUT2D eigenvalue weighted by Crippen LogP contribution is -2.17. The predicted molar refractivity (Wildman–Crippen MR) is 173 cm³/mol. The number of hydrazone groups is 1. The number of thiazole rings is 1. The first-order valence-corrected chi connectivity index (χ1v) is 15.1. The minimum atomic E-state index is -0.319. The molecule has 1 heterocycles. The van der Waals surface area contributed by atoms with Gasteiger partial charge in [0, 0.05) is 31.7 Å². The molecule has 0 bridgehead atoms. The summed E-state index contributed by atoms with van der Waals surface area (Å²) in [6, 6.07) is 28.1. The maximum absolute atomic E-state index is 12.7. The molecule has 2 N–H and O–H groups in total. The van der Waals surface area contributed by atoms with E-state index < -0.39 is 0 Å². The van der Waals surface area contributed by atoms with E-state index in [9.17, 15) is 4.79 Å². The van der Waals surface area contributed by atoms with Gasteiger partial charge in [0.25, 0.3) is 5.91 Å². The number of hydrogen-bond donors (Lipinski definition) is 2. The van der Waals surface area contributed by atoms with Crippen molar-refractivity contribution in [1.29, 1.82) is 0 Å². The lowest BCUT2D eigenvalue weighted by atomic mass is 10.1. The summed E-state index contributed by atoms with van der Waals surface area (Å²) in [5, 5.41) is 10.8. The van der Waals surface area contributed by atoms with Gasteiger partial charge in [0.05, 0.1) is 18.5 Å². The number of benzene rings is 4. The first kappa shape index (κ1) is 29.3. The predicted octanol–water partition coefficient (Wildman–Crippen LogP) is 8.71. The minimum Gasteiger partial charge on any atom is -0.490 e. The van der Waals surface area contributed by atoms with Crippen LogP contribution in [0.1, 0.15) is 28.4 Å². The molecule has 0 radical (unpaired) electrons. The van der Waals surface area contributed by atoms with Crippen LogP contribution in [-0.4, -0.2) is 23.7 Å². The van der Waals surface area contributed by atoms with Crippen LogP contribution in [0.15, 0.2) is 106 Å². The normalized spacial score (nSPS) is 10.9. The van der Waals surface area contributed by atoms with Crippen LogP contribution in [-0.2, 0) is 6.61 Å². The highest BCUT2D eigenvalue weighted by atomic mass is 79.9. The molecule has 0 spiro atoms. The number of nitrogens with one attached hydrogen (secondary N) is 2. The van der Waals surface area contributed by atoms with Gasteiger partial charge in [0.15, 0.2) is 16.6 Å². The number of aromatic nitrogens is 1. The average Bonchev–Trinajstić information content (AvgIpc) is 3.47. The van der Waals surface area contributed by atoms with Gasteiger partial charge in [0.2, 0.25) is 0 Å². The van der Waals surface area contributed by atoms with Crippen LogP contribution in [0.2, 0.25) is 5.02 Å². The Morgan fingerprint density at radius 1 is 0.976 bits per heavy atom. The maximum Gasteiger partial charge on any atom is 0.271 e. The van der Waals surface area contributed by atoms with E-state index in [4.69, 9.17) is 21.1 Å². The number of nitrogens with zero attached hydrogens (tertiary/aromatic N) is 2. The van der Waals surface area contributed by atoms with E-state index in [1.165, 1.54) is 11.3 Å². The van der Waals surface area contributed by atoms with Crippen LogP contribution in [0.25, 0.3) is 11.3 Å². The van der Waals surface area contributed by atoms with Gasteiger partial charge in [-0.2, -0.15) is 5.10 Å². The first-order chi connectivity index (χ1) is 20.5. The summed E-state index contributed by atoms with van der Waals surface area (Å²) in [6.07, 6.45) is 1.57. The van der Waals surface area contributed by atoms with Crippen molar-refractivity contribution in [1.82, 2.24) is 10.4 Å². The molecule has 0 aliphatic rings. The quantitative estimate of drug-likeness (QED) is 0.109. The average molecular weight is 662 g/mol. The number of halogens is 2. The van der Waals surface area contributed by atoms with E-state index in [1.807, 2.05) is 91.2 Å². The van der Waals surface area contributed by atoms with Crippen molar-refractivity contribution in [2.75, 3.05) is 11.9 Å². The maximum atomic E-state index is 12.7. The summed E-state index contributed by atoms with van der Waals surface area (Å²) in [6.45, 7) is 2.82. The Bertz CT molecular complexity index is 1670. The number of amides is 1. The molecule has 0 saturated heterocycles. The largest absolute Gasteiger partial charge is 0.490 e. The third-order valence-electron chi connectivity index (χ3n) is 6.00. The van der Waals surface area contributed by atoms with Crippen LogP contribution in [0.4, 0.5) is 10.8 Å². The molecule has 4 aromatic carbocycles. The number of hydrogen-bond acceptors (Lipinski definition) is 7. The van der Waals surface area contributed by atoms with Crippen molar-refractivity contribution in [3.05, 3.63) is 123 Å². The highest BCUT2D eigenvalue weighted by Gasteiger charge is 2.10. The van der Waals surface area contributed by atoms with Gasteiger partial charge in [-0.05, 0) is 84.8 Å². The molecule has 212 valence electrons. The van der Waals surface area contributed by atoms with Gasteiger partial charge in [-0.1, -0.05) is 51.8 Å². The summed E-state index contributed by atoms with van der Waals surface area (Å²) in [7, 11) is 0. The van der Waals surface area contributed by atoms with E-state index in [-0.39, 0.29) is 5.91 Å². The Morgan fingerprint density at radius 3 is 2.48 bits per heavy atom. The number of carbonyl (C=O) groups excluding carboxylic acids is 1. The highest BCUT2D eigenvalue weighted by molar-refractivity contribution is 9.10. The Labute approximate surface area is 261 Å². The fraction of sp³-hybridized carbons (Fsp3) is 0.0938. The van der Waals surface area contributed by atoms with Crippen molar-refractivity contribution in [3.63, 3.8) is 0 Å². The number of rotatable bonds is 11. The van der Waals surface area contributed by atoms with Gasteiger partial charge in [-0.3, -0.25) is 4.79 Å². The summed E-state index contributed by atoms with van der Waals surface area (Å²) in [5.74, 6) is 0.920. The van der Waals surface area contributed by atoms with E-state index in [1.54, 1.807) is 18.3 Å². The zero-order valence-corrected chi connectivity index (χ0v) is 25.7. The van der Waals surface area contributed by atoms with Crippen LogP contribution in [0, 0.1) is 0 Å². The van der Waals surface area contributed by atoms with Gasteiger partial charge in [0.1, 0.15) is 6.61 Å². The summed E-state index contributed by atoms with van der Waals surface area (Å²) < 4.78 is 12.8. The fourth-order valence-corrected chi connectivity index (χ4v) is 5.01. The number of carbonyl (C=O) groups is 1. The highest BCUT2D eigenvalue weighted by Crippen LogP contribution is 2.30. The monoisotopic (exact) mass is 660 g/mol. The van der Waals surface area contributed by atoms with Gasteiger partial charge < -0.3 is 14.8 Å². The Morgan fingerprint density at radius 2 is 1.74 bits per heavy atom. The molecule has 0 atom stereocenters. The molecule has 0 unspecified atom stereocenters. The second-order valence-corrected chi connectivity index (χ2v) is 11.2. The Balaban J connectivity index is 1.17. The van der Waals surface area contributed by atoms with Gasteiger partial charge >= 0.3 is 0 Å². The lowest BCUT2D eigenvalue weighted by Gasteiger charge is -2.12. The van der Waals surface area contributed by atoms with E-state index in [0.717, 1.165) is 37.7 Å². The second kappa shape index (κ2) is 14.1. The molecule has 0 saturated carbocycles. The number of anilines is 2. The van der Waals surface area contributed by atoms with Crippen LogP contribution >= 0.6 is 38.9 Å². The molecule has 7 nitrogen and oxygen atoms in total. The molecule has 0 aliphatic carbocycles. The van der Waals surface area contributed by atoms with E-state index >= 15 is 0 Å². The van der Waals surface area contributed by atoms with Gasteiger partial charge in [-0.25, -0.2) is 10.4 Å². The molecule has 5 rings (SSSR count). The SMILES string of the molecule is CCOc1cc(/C=N\NC(=O)c2ccc(-c3csc(Nc4ccc(Cl)cc4)n3)cc2)ccc1OCc1ccc(Br)cc1. The van der Waals surface area contributed by atoms with Crippen molar-refractivity contribution < 1.29 is 14.3 Å². The minimum absolute atomic E-state index is 0.319. The van der Waals surface area contributed by atoms with Crippen molar-refractivity contribution >= 4 is 61.8 Å². The topological polar surface area (TPSA) is 84.8 Å². The second-order valence-electron chi connectivity index (χ2n) is 9.00. The molecule has 42 heavy (non-hydrogen) atoms. The molecular formula is C32H26BrClN4O3S.